The minimum Gasteiger partial charge on any atom is -0.478 e. The summed E-state index contributed by atoms with van der Waals surface area (Å²) >= 11 is 0. The lowest BCUT2D eigenvalue weighted by Crippen LogP contribution is -2.42. The SMILES string of the molecule is COCCN(C1CCOC1)S(=O)(=O)c1ccc(C(=O)O)cc1. The van der Waals surface area contributed by atoms with E-state index in [1.165, 1.54) is 35.7 Å². The summed E-state index contributed by atoms with van der Waals surface area (Å²) in [6.45, 7) is 1.40. The van der Waals surface area contributed by atoms with E-state index in [0.29, 0.717) is 19.6 Å². The van der Waals surface area contributed by atoms with Crippen molar-refractivity contribution in [1.29, 1.82) is 0 Å². The maximum absolute atomic E-state index is 12.8. The van der Waals surface area contributed by atoms with Crippen LogP contribution < -0.4 is 0 Å². The second-order valence-corrected chi connectivity index (χ2v) is 6.85. The van der Waals surface area contributed by atoms with Gasteiger partial charge in [-0.15, -0.1) is 0 Å². The van der Waals surface area contributed by atoms with E-state index in [2.05, 4.69) is 0 Å². The van der Waals surface area contributed by atoms with Crippen molar-refractivity contribution in [3.63, 3.8) is 0 Å². The molecule has 1 unspecified atom stereocenters. The highest BCUT2D eigenvalue weighted by Gasteiger charge is 2.33. The molecular weight excluding hydrogens is 310 g/mol. The molecule has 7 nitrogen and oxygen atoms in total. The van der Waals surface area contributed by atoms with Crippen LogP contribution in [0.4, 0.5) is 0 Å². The molecule has 8 heteroatoms. The van der Waals surface area contributed by atoms with Crippen LogP contribution in [0.5, 0.6) is 0 Å². The van der Waals surface area contributed by atoms with E-state index in [-0.39, 0.29) is 29.7 Å². The molecule has 1 fully saturated rings. The van der Waals surface area contributed by atoms with Crippen LogP contribution in [0.25, 0.3) is 0 Å². The molecule has 0 radical (unpaired) electrons. The van der Waals surface area contributed by atoms with Crippen molar-refractivity contribution in [1.82, 2.24) is 4.31 Å². The van der Waals surface area contributed by atoms with Crippen molar-refractivity contribution in [2.45, 2.75) is 17.4 Å². The number of carbonyl (C=O) groups is 1. The van der Waals surface area contributed by atoms with Crippen LogP contribution >= 0.6 is 0 Å². The zero-order chi connectivity index (χ0) is 16.2. The van der Waals surface area contributed by atoms with Gasteiger partial charge in [-0.05, 0) is 30.7 Å². The highest BCUT2D eigenvalue weighted by molar-refractivity contribution is 7.89. The molecule has 0 saturated carbocycles. The Morgan fingerprint density at radius 3 is 2.59 bits per heavy atom. The quantitative estimate of drug-likeness (QED) is 0.796. The summed E-state index contributed by atoms with van der Waals surface area (Å²) in [7, 11) is -2.21. The number of sulfonamides is 1. The Labute approximate surface area is 129 Å². The van der Waals surface area contributed by atoms with Crippen LogP contribution in [0.3, 0.4) is 0 Å². The third-order valence-electron chi connectivity index (χ3n) is 3.54. The molecule has 0 aliphatic carbocycles. The number of ether oxygens (including phenoxy) is 2. The molecule has 1 aromatic carbocycles. The zero-order valence-electron chi connectivity index (χ0n) is 12.3. The minimum atomic E-state index is -3.72. The van der Waals surface area contributed by atoms with Crippen LogP contribution in [0.1, 0.15) is 16.8 Å². The average molecular weight is 329 g/mol. The van der Waals surface area contributed by atoms with Gasteiger partial charge < -0.3 is 14.6 Å². The summed E-state index contributed by atoms with van der Waals surface area (Å²) < 4.78 is 37.2. The van der Waals surface area contributed by atoms with Crippen LogP contribution in [0.15, 0.2) is 29.2 Å². The Morgan fingerprint density at radius 2 is 2.09 bits per heavy atom. The number of aromatic carboxylic acids is 1. The summed E-state index contributed by atoms with van der Waals surface area (Å²) in [5.74, 6) is -1.09. The highest BCUT2D eigenvalue weighted by Crippen LogP contribution is 2.22. The monoisotopic (exact) mass is 329 g/mol. The van der Waals surface area contributed by atoms with E-state index >= 15 is 0 Å². The molecule has 1 atom stereocenters. The summed E-state index contributed by atoms with van der Waals surface area (Å²) in [5.41, 5.74) is 0.0478. The zero-order valence-corrected chi connectivity index (χ0v) is 13.1. The van der Waals surface area contributed by atoms with E-state index in [9.17, 15) is 13.2 Å². The predicted molar refractivity (Wildman–Crippen MR) is 78.4 cm³/mol. The van der Waals surface area contributed by atoms with Crippen molar-refractivity contribution < 1.29 is 27.8 Å². The molecule has 0 spiro atoms. The van der Waals surface area contributed by atoms with Crippen molar-refractivity contribution >= 4 is 16.0 Å². The first-order chi connectivity index (χ1) is 10.5. The van der Waals surface area contributed by atoms with Gasteiger partial charge in [0.2, 0.25) is 10.0 Å². The Kier molecular flexibility index (Phi) is 5.52. The van der Waals surface area contributed by atoms with Crippen molar-refractivity contribution in [2.24, 2.45) is 0 Å². The summed E-state index contributed by atoms with van der Waals surface area (Å²) in [4.78, 5) is 10.9. The number of carboxylic acid groups (broad SMARTS) is 1. The fourth-order valence-corrected chi connectivity index (χ4v) is 3.96. The fraction of sp³-hybridized carbons (Fsp3) is 0.500. The smallest absolute Gasteiger partial charge is 0.335 e. The molecule has 2 rings (SSSR count). The van der Waals surface area contributed by atoms with Gasteiger partial charge in [0.25, 0.3) is 0 Å². The Balaban J connectivity index is 2.28. The van der Waals surface area contributed by atoms with Crippen molar-refractivity contribution in [3.05, 3.63) is 29.8 Å². The molecule has 22 heavy (non-hydrogen) atoms. The van der Waals surface area contributed by atoms with Gasteiger partial charge in [0, 0.05) is 20.3 Å². The molecule has 0 bridgehead atoms. The Morgan fingerprint density at radius 1 is 1.41 bits per heavy atom. The molecule has 1 saturated heterocycles. The molecule has 1 N–H and O–H groups in total. The lowest BCUT2D eigenvalue weighted by Gasteiger charge is -2.26. The molecule has 1 heterocycles. The fourth-order valence-electron chi connectivity index (χ4n) is 2.33. The van der Waals surface area contributed by atoms with Crippen LogP contribution in [0.2, 0.25) is 0 Å². The summed E-state index contributed by atoms with van der Waals surface area (Å²) in [6.07, 6.45) is 0.635. The van der Waals surface area contributed by atoms with Gasteiger partial charge in [0.1, 0.15) is 0 Å². The van der Waals surface area contributed by atoms with E-state index in [1.807, 2.05) is 0 Å². The molecule has 0 aromatic heterocycles. The number of benzene rings is 1. The van der Waals surface area contributed by atoms with Crippen LogP contribution in [-0.4, -0.2) is 63.3 Å². The second kappa shape index (κ2) is 7.19. The lowest BCUT2D eigenvalue weighted by atomic mass is 10.2. The van der Waals surface area contributed by atoms with Gasteiger partial charge in [0.15, 0.2) is 0 Å². The van der Waals surface area contributed by atoms with Gasteiger partial charge in [-0.2, -0.15) is 4.31 Å². The molecule has 1 aliphatic rings. The maximum atomic E-state index is 12.8. The predicted octanol–water partition coefficient (Wildman–Crippen LogP) is 0.811. The topological polar surface area (TPSA) is 93.1 Å². The largest absolute Gasteiger partial charge is 0.478 e. The van der Waals surface area contributed by atoms with E-state index < -0.39 is 16.0 Å². The van der Waals surface area contributed by atoms with Crippen LogP contribution in [-0.2, 0) is 19.5 Å². The third-order valence-corrected chi connectivity index (χ3v) is 5.50. The number of hydrogen-bond donors (Lipinski definition) is 1. The molecule has 1 aliphatic heterocycles. The standard InChI is InChI=1S/C14H19NO6S/c1-20-9-7-15(12-6-8-21-10-12)22(18,19)13-4-2-11(3-5-13)14(16)17/h2-5,12H,6-10H2,1H3,(H,16,17). The van der Waals surface area contributed by atoms with E-state index in [4.69, 9.17) is 14.6 Å². The van der Waals surface area contributed by atoms with Gasteiger partial charge >= 0.3 is 5.97 Å². The van der Waals surface area contributed by atoms with E-state index in [1.54, 1.807) is 0 Å². The highest BCUT2D eigenvalue weighted by atomic mass is 32.2. The average Bonchev–Trinajstić information content (AvgIpc) is 3.01. The van der Waals surface area contributed by atoms with Crippen molar-refractivity contribution in [2.75, 3.05) is 33.5 Å². The number of rotatable bonds is 7. The van der Waals surface area contributed by atoms with E-state index in [0.717, 1.165) is 0 Å². The lowest BCUT2D eigenvalue weighted by molar-refractivity contribution is 0.0696. The Hall–Kier alpha value is -1.48. The first kappa shape index (κ1) is 16.9. The van der Waals surface area contributed by atoms with Gasteiger partial charge in [-0.25, -0.2) is 13.2 Å². The third kappa shape index (κ3) is 3.64. The molecular formula is C14H19NO6S. The summed E-state index contributed by atoms with van der Waals surface area (Å²) in [5, 5.41) is 8.88. The van der Waals surface area contributed by atoms with Gasteiger partial charge in [0.05, 0.1) is 29.7 Å². The summed E-state index contributed by atoms with van der Waals surface area (Å²) in [6, 6.07) is 4.98. The number of carboxylic acids is 1. The van der Waals surface area contributed by atoms with Gasteiger partial charge in [-0.1, -0.05) is 0 Å². The number of nitrogens with zero attached hydrogens (tertiary/aromatic N) is 1. The second-order valence-electron chi connectivity index (χ2n) is 4.96. The van der Waals surface area contributed by atoms with Gasteiger partial charge in [-0.3, -0.25) is 0 Å². The normalized spacial score (nSPS) is 18.7. The number of hydrogen-bond acceptors (Lipinski definition) is 5. The molecule has 1 aromatic rings. The molecule has 122 valence electrons. The van der Waals surface area contributed by atoms with Crippen molar-refractivity contribution in [3.8, 4) is 0 Å². The first-order valence-corrected chi connectivity index (χ1v) is 8.32. The maximum Gasteiger partial charge on any atom is 0.335 e. The number of methoxy groups -OCH3 is 1. The minimum absolute atomic E-state index is 0.0478. The first-order valence-electron chi connectivity index (χ1n) is 6.88. The Bertz CT molecular complexity index is 607. The van der Waals surface area contributed by atoms with Crippen LogP contribution in [0, 0.1) is 0 Å². The molecule has 0 amide bonds.